The van der Waals surface area contributed by atoms with Gasteiger partial charge in [-0.05, 0) is 49.2 Å². The van der Waals surface area contributed by atoms with E-state index in [1.165, 1.54) is 0 Å². The number of rotatable bonds is 6. The lowest BCUT2D eigenvalue weighted by Crippen LogP contribution is -2.38. The van der Waals surface area contributed by atoms with Crippen LogP contribution in [0.2, 0.25) is 0 Å². The van der Waals surface area contributed by atoms with Crippen LogP contribution in [-0.4, -0.2) is 36.6 Å². The molecule has 0 aromatic heterocycles. The highest BCUT2D eigenvalue weighted by Crippen LogP contribution is 2.15. The van der Waals surface area contributed by atoms with Gasteiger partial charge in [-0.3, -0.25) is 9.59 Å². The minimum atomic E-state index is -0.219. The number of carbonyl (C=O) groups is 2. The molecule has 2 rings (SSSR count). The SMILES string of the molecule is CC(CO)C(C)NC(=O)c1ccc(C(=O)N(C)c2ccccc2)cc1. The Morgan fingerprint density at radius 1 is 1.00 bits per heavy atom. The van der Waals surface area contributed by atoms with Gasteiger partial charge in [-0.15, -0.1) is 0 Å². The van der Waals surface area contributed by atoms with Crippen LogP contribution in [0, 0.1) is 5.92 Å². The summed E-state index contributed by atoms with van der Waals surface area (Å²) in [5.74, 6) is -0.382. The molecule has 2 aromatic carbocycles. The smallest absolute Gasteiger partial charge is 0.258 e. The maximum Gasteiger partial charge on any atom is 0.258 e. The highest BCUT2D eigenvalue weighted by atomic mass is 16.3. The van der Waals surface area contributed by atoms with Crippen molar-refractivity contribution in [1.82, 2.24) is 5.32 Å². The Morgan fingerprint density at radius 3 is 2.12 bits per heavy atom. The van der Waals surface area contributed by atoms with Gasteiger partial charge in [-0.2, -0.15) is 0 Å². The van der Waals surface area contributed by atoms with Crippen LogP contribution in [0.3, 0.4) is 0 Å². The van der Waals surface area contributed by atoms with Crippen LogP contribution >= 0.6 is 0 Å². The zero-order valence-electron chi connectivity index (χ0n) is 14.8. The number of nitrogens with zero attached hydrogens (tertiary/aromatic N) is 1. The summed E-state index contributed by atoms with van der Waals surface area (Å²) >= 11 is 0. The van der Waals surface area contributed by atoms with Crippen LogP contribution in [0.25, 0.3) is 0 Å². The molecule has 0 heterocycles. The largest absolute Gasteiger partial charge is 0.396 e. The molecule has 2 N–H and O–H groups in total. The Kier molecular flexibility index (Phi) is 6.31. The van der Waals surface area contributed by atoms with E-state index in [1.807, 2.05) is 44.2 Å². The summed E-state index contributed by atoms with van der Waals surface area (Å²) in [6.45, 7) is 3.73. The number of para-hydroxylation sites is 1. The topological polar surface area (TPSA) is 69.6 Å². The fourth-order valence-electron chi connectivity index (χ4n) is 2.32. The first kappa shape index (κ1) is 18.7. The average Bonchev–Trinajstić information content (AvgIpc) is 2.66. The van der Waals surface area contributed by atoms with E-state index in [0.29, 0.717) is 11.1 Å². The molecule has 25 heavy (non-hydrogen) atoms. The summed E-state index contributed by atoms with van der Waals surface area (Å²) in [7, 11) is 1.72. The predicted molar refractivity (Wildman–Crippen MR) is 98.8 cm³/mol. The van der Waals surface area contributed by atoms with Crippen molar-refractivity contribution in [1.29, 1.82) is 0 Å². The lowest BCUT2D eigenvalue weighted by molar-refractivity contribution is 0.0914. The van der Waals surface area contributed by atoms with Crippen LogP contribution < -0.4 is 10.2 Å². The van der Waals surface area contributed by atoms with Crippen molar-refractivity contribution in [2.45, 2.75) is 19.9 Å². The number of hydrogen-bond donors (Lipinski definition) is 2. The van der Waals surface area contributed by atoms with Crippen molar-refractivity contribution in [3.8, 4) is 0 Å². The molecule has 2 unspecified atom stereocenters. The van der Waals surface area contributed by atoms with Crippen molar-refractivity contribution in [3.05, 3.63) is 65.7 Å². The summed E-state index contributed by atoms with van der Waals surface area (Å²) in [5, 5.41) is 12.0. The van der Waals surface area contributed by atoms with Gasteiger partial charge in [0.05, 0.1) is 0 Å². The second-order valence-electron chi connectivity index (χ2n) is 6.20. The molecule has 0 saturated carbocycles. The standard InChI is InChI=1S/C20H24N2O3/c1-14(13-23)15(2)21-19(24)16-9-11-17(12-10-16)20(25)22(3)18-7-5-4-6-8-18/h4-12,14-15,23H,13H2,1-3H3,(H,21,24). The molecule has 0 radical (unpaired) electrons. The fraction of sp³-hybridized carbons (Fsp3) is 0.300. The molecule has 5 nitrogen and oxygen atoms in total. The van der Waals surface area contributed by atoms with Gasteiger partial charge in [0.15, 0.2) is 0 Å². The summed E-state index contributed by atoms with van der Waals surface area (Å²) in [5.41, 5.74) is 1.80. The molecular weight excluding hydrogens is 316 g/mol. The molecule has 0 fully saturated rings. The first-order chi connectivity index (χ1) is 11.9. The molecule has 132 valence electrons. The number of nitrogens with one attached hydrogen (secondary N) is 1. The summed E-state index contributed by atoms with van der Waals surface area (Å²) in [4.78, 5) is 26.3. The average molecular weight is 340 g/mol. The van der Waals surface area contributed by atoms with E-state index in [1.54, 1.807) is 36.2 Å². The second-order valence-corrected chi connectivity index (χ2v) is 6.20. The van der Waals surface area contributed by atoms with E-state index in [9.17, 15) is 9.59 Å². The number of benzene rings is 2. The summed E-state index contributed by atoms with van der Waals surface area (Å²) in [6.07, 6.45) is 0. The van der Waals surface area contributed by atoms with E-state index in [-0.39, 0.29) is 30.4 Å². The molecule has 0 aliphatic carbocycles. The van der Waals surface area contributed by atoms with Gasteiger partial charge in [-0.25, -0.2) is 0 Å². The molecule has 0 bridgehead atoms. The van der Waals surface area contributed by atoms with E-state index in [2.05, 4.69) is 5.32 Å². The third-order valence-corrected chi connectivity index (χ3v) is 4.34. The minimum absolute atomic E-state index is 0.0146. The normalized spacial score (nSPS) is 13.0. The number of aliphatic hydroxyl groups is 1. The van der Waals surface area contributed by atoms with E-state index >= 15 is 0 Å². The predicted octanol–water partition coefficient (Wildman–Crippen LogP) is 2.71. The Morgan fingerprint density at radius 2 is 1.56 bits per heavy atom. The first-order valence-electron chi connectivity index (χ1n) is 8.29. The van der Waals surface area contributed by atoms with Gasteiger partial charge < -0.3 is 15.3 Å². The van der Waals surface area contributed by atoms with Gasteiger partial charge in [0, 0.05) is 36.5 Å². The van der Waals surface area contributed by atoms with Crippen LogP contribution in [0.5, 0.6) is 0 Å². The monoisotopic (exact) mass is 340 g/mol. The molecule has 0 saturated heterocycles. The molecule has 2 atom stereocenters. The van der Waals surface area contributed by atoms with Gasteiger partial charge >= 0.3 is 0 Å². The van der Waals surface area contributed by atoms with Gasteiger partial charge in [0.1, 0.15) is 0 Å². The van der Waals surface area contributed by atoms with Crippen molar-refractivity contribution < 1.29 is 14.7 Å². The summed E-state index contributed by atoms with van der Waals surface area (Å²) < 4.78 is 0. The number of amides is 2. The minimum Gasteiger partial charge on any atom is -0.396 e. The van der Waals surface area contributed by atoms with Crippen LogP contribution in [-0.2, 0) is 0 Å². The van der Waals surface area contributed by atoms with Crippen LogP contribution in [0.1, 0.15) is 34.6 Å². The van der Waals surface area contributed by atoms with Crippen molar-refractivity contribution in [2.24, 2.45) is 5.92 Å². The van der Waals surface area contributed by atoms with Gasteiger partial charge in [0.2, 0.25) is 0 Å². The molecule has 0 aliphatic heterocycles. The molecular formula is C20H24N2O3. The zero-order chi connectivity index (χ0) is 18.4. The third-order valence-electron chi connectivity index (χ3n) is 4.34. The number of anilines is 1. The number of hydrogen-bond acceptors (Lipinski definition) is 3. The van der Waals surface area contributed by atoms with E-state index in [4.69, 9.17) is 5.11 Å². The maximum atomic E-state index is 12.5. The first-order valence-corrected chi connectivity index (χ1v) is 8.29. The fourth-order valence-corrected chi connectivity index (χ4v) is 2.32. The number of carbonyl (C=O) groups excluding carboxylic acids is 2. The highest BCUT2D eigenvalue weighted by Gasteiger charge is 2.17. The highest BCUT2D eigenvalue weighted by molar-refractivity contribution is 6.06. The van der Waals surface area contributed by atoms with Gasteiger partial charge in [-0.1, -0.05) is 25.1 Å². The van der Waals surface area contributed by atoms with Crippen molar-refractivity contribution >= 4 is 17.5 Å². The van der Waals surface area contributed by atoms with Crippen molar-refractivity contribution in [2.75, 3.05) is 18.6 Å². The summed E-state index contributed by atoms with van der Waals surface area (Å²) in [6, 6.07) is 15.8. The molecule has 0 aliphatic rings. The molecule has 2 aromatic rings. The van der Waals surface area contributed by atoms with E-state index < -0.39 is 0 Å². The maximum absolute atomic E-state index is 12.5. The molecule has 2 amide bonds. The van der Waals surface area contributed by atoms with Crippen molar-refractivity contribution in [3.63, 3.8) is 0 Å². The van der Waals surface area contributed by atoms with Gasteiger partial charge in [0.25, 0.3) is 11.8 Å². The zero-order valence-corrected chi connectivity index (χ0v) is 14.8. The Labute approximate surface area is 148 Å². The molecule has 5 heteroatoms. The Hall–Kier alpha value is -2.66. The Bertz CT molecular complexity index is 713. The molecule has 0 spiro atoms. The lowest BCUT2D eigenvalue weighted by atomic mass is 10.0. The van der Waals surface area contributed by atoms with Crippen LogP contribution in [0.15, 0.2) is 54.6 Å². The van der Waals surface area contributed by atoms with Crippen LogP contribution in [0.4, 0.5) is 5.69 Å². The third kappa shape index (κ3) is 4.67. The second kappa shape index (κ2) is 8.44. The number of aliphatic hydroxyl groups excluding tert-OH is 1. The van der Waals surface area contributed by atoms with E-state index in [0.717, 1.165) is 5.69 Å². The quantitative estimate of drug-likeness (QED) is 0.849. The Balaban J connectivity index is 2.06. The lowest BCUT2D eigenvalue weighted by Gasteiger charge is -2.19.